The highest BCUT2D eigenvalue weighted by Crippen LogP contribution is 2.45. The predicted molar refractivity (Wildman–Crippen MR) is 51.3 cm³/mol. The molecule has 1 aliphatic carbocycles. The van der Waals surface area contributed by atoms with Crippen molar-refractivity contribution in [3.63, 3.8) is 0 Å². The van der Waals surface area contributed by atoms with Gasteiger partial charge in [-0.05, 0) is 12.1 Å². The van der Waals surface area contributed by atoms with Crippen molar-refractivity contribution in [1.82, 2.24) is 4.98 Å². The second-order valence-corrected chi connectivity index (χ2v) is 3.77. The van der Waals surface area contributed by atoms with Crippen LogP contribution in [0.5, 0.6) is 0 Å². The standard InChI is InChI=1S/C11H9F4N/c12-10(13)5-4-8(11(14,15)7-10)9-3-1-2-6-16-9/h1-4,6H,5,7H2. The van der Waals surface area contributed by atoms with Gasteiger partial charge in [-0.1, -0.05) is 12.1 Å². The molecule has 0 spiro atoms. The first-order chi connectivity index (χ1) is 7.41. The van der Waals surface area contributed by atoms with Gasteiger partial charge in [-0.25, -0.2) is 17.6 Å². The zero-order valence-corrected chi connectivity index (χ0v) is 8.26. The van der Waals surface area contributed by atoms with Crippen LogP contribution in [0.3, 0.4) is 0 Å². The number of rotatable bonds is 1. The summed E-state index contributed by atoms with van der Waals surface area (Å²) in [7, 11) is 0. The molecule has 1 nitrogen and oxygen atoms in total. The average molecular weight is 231 g/mol. The number of allylic oxidation sites excluding steroid dienone is 2. The van der Waals surface area contributed by atoms with E-state index in [1.807, 2.05) is 0 Å². The van der Waals surface area contributed by atoms with Gasteiger partial charge in [-0.2, -0.15) is 0 Å². The summed E-state index contributed by atoms with van der Waals surface area (Å²) in [5.41, 5.74) is -0.345. The van der Waals surface area contributed by atoms with Crippen LogP contribution >= 0.6 is 0 Å². The molecule has 0 saturated heterocycles. The summed E-state index contributed by atoms with van der Waals surface area (Å²) in [5.74, 6) is -6.85. The van der Waals surface area contributed by atoms with Gasteiger partial charge in [0.05, 0.1) is 12.1 Å². The van der Waals surface area contributed by atoms with Gasteiger partial charge in [-0.3, -0.25) is 4.98 Å². The predicted octanol–water partition coefficient (Wildman–Crippen LogP) is 3.53. The van der Waals surface area contributed by atoms with Gasteiger partial charge in [0.25, 0.3) is 11.8 Å². The molecule has 0 aliphatic heterocycles. The molecule has 0 N–H and O–H groups in total. The monoisotopic (exact) mass is 231 g/mol. The number of nitrogens with zero attached hydrogens (tertiary/aromatic N) is 1. The molecule has 0 fully saturated rings. The van der Waals surface area contributed by atoms with Gasteiger partial charge in [0.1, 0.15) is 0 Å². The van der Waals surface area contributed by atoms with Gasteiger partial charge in [0, 0.05) is 18.2 Å². The fourth-order valence-electron chi connectivity index (χ4n) is 1.71. The third-order valence-corrected chi connectivity index (χ3v) is 2.42. The van der Waals surface area contributed by atoms with Crippen LogP contribution in [-0.2, 0) is 0 Å². The molecule has 1 aliphatic rings. The fraction of sp³-hybridized carbons (Fsp3) is 0.364. The van der Waals surface area contributed by atoms with E-state index in [4.69, 9.17) is 0 Å². The highest BCUT2D eigenvalue weighted by atomic mass is 19.3. The summed E-state index contributed by atoms with van der Waals surface area (Å²) in [6.45, 7) is 0. The molecule has 0 bridgehead atoms. The Morgan fingerprint density at radius 3 is 2.44 bits per heavy atom. The first kappa shape index (κ1) is 11.1. The normalized spacial score (nSPS) is 22.6. The Morgan fingerprint density at radius 1 is 1.12 bits per heavy atom. The third kappa shape index (κ3) is 2.08. The summed E-state index contributed by atoms with van der Waals surface area (Å²) in [5, 5.41) is 0. The van der Waals surface area contributed by atoms with E-state index in [1.54, 1.807) is 12.1 Å². The van der Waals surface area contributed by atoms with Crippen molar-refractivity contribution in [3.8, 4) is 0 Å². The van der Waals surface area contributed by atoms with Crippen molar-refractivity contribution in [3.05, 3.63) is 36.2 Å². The molecule has 16 heavy (non-hydrogen) atoms. The van der Waals surface area contributed by atoms with Gasteiger partial charge in [0.15, 0.2) is 0 Å². The van der Waals surface area contributed by atoms with E-state index in [-0.39, 0.29) is 5.69 Å². The first-order valence-corrected chi connectivity index (χ1v) is 4.78. The molecule has 1 heterocycles. The molecule has 1 aromatic rings. The Balaban J connectivity index is 2.39. The summed E-state index contributed by atoms with van der Waals surface area (Å²) in [6, 6.07) is 4.52. The van der Waals surface area contributed by atoms with Crippen LogP contribution < -0.4 is 0 Å². The second kappa shape index (κ2) is 3.57. The number of aromatic nitrogens is 1. The highest BCUT2D eigenvalue weighted by molar-refractivity contribution is 5.69. The minimum Gasteiger partial charge on any atom is -0.256 e. The van der Waals surface area contributed by atoms with Crippen molar-refractivity contribution in [1.29, 1.82) is 0 Å². The number of pyridine rings is 1. The Labute approximate surface area is 89.8 Å². The zero-order chi connectivity index (χ0) is 11.8. The Kier molecular flexibility index (Phi) is 2.48. The largest absolute Gasteiger partial charge is 0.280 e. The summed E-state index contributed by atoms with van der Waals surface area (Å²) in [4.78, 5) is 3.75. The lowest BCUT2D eigenvalue weighted by atomic mass is 9.90. The molecular formula is C11H9F4N. The molecule has 0 saturated carbocycles. The third-order valence-electron chi connectivity index (χ3n) is 2.42. The SMILES string of the molecule is FC1(F)CC=C(c2ccccn2)C(F)(F)C1. The smallest absolute Gasteiger partial charge is 0.256 e. The molecule has 0 amide bonds. The maximum Gasteiger partial charge on any atom is 0.280 e. The zero-order valence-electron chi connectivity index (χ0n) is 8.26. The van der Waals surface area contributed by atoms with Crippen molar-refractivity contribution in [2.45, 2.75) is 24.7 Å². The molecule has 86 valence electrons. The van der Waals surface area contributed by atoms with E-state index >= 15 is 0 Å². The second-order valence-electron chi connectivity index (χ2n) is 3.77. The van der Waals surface area contributed by atoms with Gasteiger partial charge in [-0.15, -0.1) is 0 Å². The number of halogens is 4. The lowest BCUT2D eigenvalue weighted by Crippen LogP contribution is -2.34. The molecular weight excluding hydrogens is 222 g/mol. The van der Waals surface area contributed by atoms with Crippen LogP contribution in [0.15, 0.2) is 30.5 Å². The summed E-state index contributed by atoms with van der Waals surface area (Å²) < 4.78 is 52.6. The van der Waals surface area contributed by atoms with Crippen molar-refractivity contribution < 1.29 is 17.6 Å². The Bertz CT molecular complexity index is 411. The van der Waals surface area contributed by atoms with Crippen molar-refractivity contribution >= 4 is 5.57 Å². The van der Waals surface area contributed by atoms with E-state index in [0.717, 1.165) is 6.08 Å². The van der Waals surface area contributed by atoms with Crippen LogP contribution in [0.2, 0.25) is 0 Å². The fourth-order valence-corrected chi connectivity index (χ4v) is 1.71. The lowest BCUT2D eigenvalue weighted by molar-refractivity contribution is -0.0863. The van der Waals surface area contributed by atoms with E-state index in [0.29, 0.717) is 0 Å². The minimum atomic E-state index is -3.52. The van der Waals surface area contributed by atoms with E-state index in [1.165, 1.54) is 12.3 Å². The van der Waals surface area contributed by atoms with Crippen molar-refractivity contribution in [2.24, 2.45) is 0 Å². The first-order valence-electron chi connectivity index (χ1n) is 4.78. The van der Waals surface area contributed by atoms with Gasteiger partial charge < -0.3 is 0 Å². The summed E-state index contributed by atoms with van der Waals surface area (Å²) in [6.07, 6.45) is 0.141. The number of hydrogen-bond donors (Lipinski definition) is 0. The maximum atomic E-state index is 13.5. The Hall–Kier alpha value is -1.39. The van der Waals surface area contributed by atoms with E-state index < -0.39 is 30.3 Å². The molecule has 0 aromatic carbocycles. The van der Waals surface area contributed by atoms with Crippen LogP contribution in [-0.4, -0.2) is 16.8 Å². The quantitative estimate of drug-likeness (QED) is 0.674. The maximum absolute atomic E-state index is 13.5. The van der Waals surface area contributed by atoms with Crippen LogP contribution in [0.25, 0.3) is 5.57 Å². The Morgan fingerprint density at radius 2 is 1.88 bits per heavy atom. The highest BCUT2D eigenvalue weighted by Gasteiger charge is 2.49. The molecule has 2 rings (SSSR count). The van der Waals surface area contributed by atoms with Gasteiger partial charge >= 0.3 is 0 Å². The van der Waals surface area contributed by atoms with Crippen molar-refractivity contribution in [2.75, 3.05) is 0 Å². The molecule has 1 aromatic heterocycles. The molecule has 0 atom stereocenters. The van der Waals surface area contributed by atoms with Gasteiger partial charge in [0.2, 0.25) is 0 Å². The van der Waals surface area contributed by atoms with Crippen LogP contribution in [0.4, 0.5) is 17.6 Å². The minimum absolute atomic E-state index is 0.0583. The molecule has 5 heteroatoms. The lowest BCUT2D eigenvalue weighted by Gasteiger charge is -2.29. The molecule has 0 radical (unpaired) electrons. The average Bonchev–Trinajstić information content (AvgIpc) is 2.16. The number of hydrogen-bond acceptors (Lipinski definition) is 1. The summed E-state index contributed by atoms with van der Waals surface area (Å²) >= 11 is 0. The molecule has 0 unspecified atom stereocenters. The van der Waals surface area contributed by atoms with Crippen LogP contribution in [0, 0.1) is 0 Å². The topological polar surface area (TPSA) is 12.9 Å². The van der Waals surface area contributed by atoms with Crippen LogP contribution in [0.1, 0.15) is 18.5 Å². The number of alkyl halides is 4. The van der Waals surface area contributed by atoms with E-state index in [2.05, 4.69) is 4.98 Å². The van der Waals surface area contributed by atoms with E-state index in [9.17, 15) is 17.6 Å².